The van der Waals surface area contributed by atoms with Crippen molar-refractivity contribution in [1.82, 2.24) is 15.4 Å². The molecule has 0 aliphatic carbocycles. The highest BCUT2D eigenvalue weighted by Crippen LogP contribution is 2.25. The topological polar surface area (TPSA) is 96.5 Å². The van der Waals surface area contributed by atoms with Gasteiger partial charge in [0.1, 0.15) is 10.6 Å². The summed E-state index contributed by atoms with van der Waals surface area (Å²) in [7, 11) is -2.36. The Labute approximate surface area is 155 Å². The molecule has 1 saturated heterocycles. The van der Waals surface area contributed by atoms with Gasteiger partial charge in [-0.05, 0) is 51.4 Å². The molecule has 1 unspecified atom stereocenters. The van der Waals surface area contributed by atoms with Gasteiger partial charge in [0.15, 0.2) is 0 Å². The van der Waals surface area contributed by atoms with Gasteiger partial charge < -0.3 is 15.4 Å². The molecule has 1 aliphatic rings. The molecular weight excluding hydrogens is 366 g/mol. The van der Waals surface area contributed by atoms with E-state index in [9.17, 15) is 13.2 Å². The third-order valence-corrected chi connectivity index (χ3v) is 5.46. The minimum Gasteiger partial charge on any atom is -0.495 e. The van der Waals surface area contributed by atoms with Crippen LogP contribution in [0.5, 0.6) is 5.75 Å². The monoisotopic (exact) mass is 391 g/mol. The molecule has 1 aliphatic heterocycles. The summed E-state index contributed by atoms with van der Waals surface area (Å²) in [5.74, 6) is -0.0930. The van der Waals surface area contributed by atoms with Crippen molar-refractivity contribution < 1.29 is 17.9 Å². The minimum absolute atomic E-state index is 0. The number of rotatable bonds is 7. The van der Waals surface area contributed by atoms with Crippen molar-refractivity contribution >= 4 is 28.3 Å². The number of sulfonamides is 1. The molecule has 1 amide bonds. The van der Waals surface area contributed by atoms with Crippen LogP contribution in [0.2, 0.25) is 0 Å². The van der Waals surface area contributed by atoms with E-state index in [1.54, 1.807) is 19.9 Å². The molecule has 7 nitrogen and oxygen atoms in total. The van der Waals surface area contributed by atoms with E-state index >= 15 is 0 Å². The van der Waals surface area contributed by atoms with Gasteiger partial charge in [0, 0.05) is 24.2 Å². The number of carbonyl (C=O) groups excluding carboxylic acids is 1. The highest BCUT2D eigenvalue weighted by atomic mass is 35.5. The molecule has 0 spiro atoms. The lowest BCUT2D eigenvalue weighted by molar-refractivity contribution is 0.0950. The molecule has 1 aromatic carbocycles. The fourth-order valence-electron chi connectivity index (χ4n) is 2.65. The predicted molar refractivity (Wildman–Crippen MR) is 99.1 cm³/mol. The van der Waals surface area contributed by atoms with Crippen LogP contribution in [0.4, 0.5) is 0 Å². The summed E-state index contributed by atoms with van der Waals surface area (Å²) in [4.78, 5) is 12.3. The van der Waals surface area contributed by atoms with Crippen molar-refractivity contribution in [2.45, 2.75) is 43.7 Å². The Hall–Kier alpha value is -1.35. The summed E-state index contributed by atoms with van der Waals surface area (Å²) in [6.45, 7) is 4.95. The fourth-order valence-corrected chi connectivity index (χ4v) is 4.10. The SMILES string of the molecule is COc1ccc(C(=O)NCC2CCCN2)cc1S(=O)(=O)NC(C)C.Cl. The Bertz CT molecular complexity index is 689. The Morgan fingerprint density at radius 1 is 1.40 bits per heavy atom. The number of nitrogens with one attached hydrogen (secondary N) is 3. The summed E-state index contributed by atoms with van der Waals surface area (Å²) < 4.78 is 32.5. The van der Waals surface area contributed by atoms with Gasteiger partial charge >= 0.3 is 0 Å². The van der Waals surface area contributed by atoms with Gasteiger partial charge in [-0.25, -0.2) is 13.1 Å². The first-order valence-electron chi connectivity index (χ1n) is 8.05. The zero-order chi connectivity index (χ0) is 17.7. The van der Waals surface area contributed by atoms with Crippen LogP contribution in [0.15, 0.2) is 23.1 Å². The maximum absolute atomic E-state index is 12.4. The quantitative estimate of drug-likeness (QED) is 0.650. The number of methoxy groups -OCH3 is 1. The van der Waals surface area contributed by atoms with Crippen molar-refractivity contribution in [3.05, 3.63) is 23.8 Å². The molecule has 1 fully saturated rings. The van der Waals surface area contributed by atoms with E-state index in [1.807, 2.05) is 0 Å². The zero-order valence-electron chi connectivity index (χ0n) is 14.7. The van der Waals surface area contributed by atoms with E-state index in [0.717, 1.165) is 19.4 Å². The lowest BCUT2D eigenvalue weighted by Crippen LogP contribution is -2.37. The molecule has 3 N–H and O–H groups in total. The molecular formula is C16H26ClN3O4S. The molecule has 25 heavy (non-hydrogen) atoms. The molecule has 0 radical (unpaired) electrons. The van der Waals surface area contributed by atoms with E-state index in [2.05, 4.69) is 15.4 Å². The van der Waals surface area contributed by atoms with Gasteiger partial charge in [-0.2, -0.15) is 0 Å². The predicted octanol–water partition coefficient (Wildman–Crippen LogP) is 1.29. The van der Waals surface area contributed by atoms with Crippen LogP contribution >= 0.6 is 12.4 Å². The average molecular weight is 392 g/mol. The second-order valence-corrected chi connectivity index (χ2v) is 7.83. The second kappa shape index (κ2) is 9.38. The standard InChI is InChI=1S/C16H25N3O4S.ClH/c1-11(2)19-24(21,22)15-9-12(6-7-14(15)23-3)16(20)18-10-13-5-4-8-17-13;/h6-7,9,11,13,17,19H,4-5,8,10H2,1-3H3,(H,18,20);1H. The Kier molecular flexibility index (Phi) is 8.14. The van der Waals surface area contributed by atoms with Crippen LogP contribution in [0.25, 0.3) is 0 Å². The molecule has 1 atom stereocenters. The van der Waals surface area contributed by atoms with Gasteiger partial charge in [0.2, 0.25) is 10.0 Å². The first kappa shape index (κ1) is 21.7. The van der Waals surface area contributed by atoms with Gasteiger partial charge in [-0.15, -0.1) is 12.4 Å². The van der Waals surface area contributed by atoms with Crippen LogP contribution in [-0.2, 0) is 10.0 Å². The number of hydrogen-bond donors (Lipinski definition) is 3. The first-order chi connectivity index (χ1) is 11.3. The molecule has 0 aromatic heterocycles. The minimum atomic E-state index is -3.76. The maximum Gasteiger partial charge on any atom is 0.251 e. The second-order valence-electron chi connectivity index (χ2n) is 6.14. The first-order valence-corrected chi connectivity index (χ1v) is 9.53. The van der Waals surface area contributed by atoms with Gasteiger partial charge in [0.05, 0.1) is 7.11 Å². The highest BCUT2D eigenvalue weighted by molar-refractivity contribution is 7.89. The van der Waals surface area contributed by atoms with Gasteiger partial charge in [0.25, 0.3) is 5.91 Å². The smallest absolute Gasteiger partial charge is 0.251 e. The van der Waals surface area contributed by atoms with E-state index in [-0.39, 0.29) is 46.6 Å². The fraction of sp³-hybridized carbons (Fsp3) is 0.562. The lowest BCUT2D eigenvalue weighted by atomic mass is 10.2. The maximum atomic E-state index is 12.4. The molecule has 1 heterocycles. The van der Waals surface area contributed by atoms with Crippen molar-refractivity contribution in [2.24, 2.45) is 0 Å². The lowest BCUT2D eigenvalue weighted by Gasteiger charge is -2.15. The molecule has 9 heteroatoms. The van der Waals surface area contributed by atoms with E-state index in [0.29, 0.717) is 6.54 Å². The van der Waals surface area contributed by atoms with E-state index < -0.39 is 10.0 Å². The third-order valence-electron chi connectivity index (χ3n) is 3.78. The van der Waals surface area contributed by atoms with Crippen LogP contribution in [0, 0.1) is 0 Å². The molecule has 0 bridgehead atoms. The van der Waals surface area contributed by atoms with Crippen LogP contribution in [-0.4, -0.2) is 46.6 Å². The van der Waals surface area contributed by atoms with Gasteiger partial charge in [-0.3, -0.25) is 4.79 Å². The number of carbonyl (C=O) groups is 1. The Morgan fingerprint density at radius 2 is 2.12 bits per heavy atom. The number of ether oxygens (including phenoxy) is 1. The molecule has 2 rings (SSSR count). The summed E-state index contributed by atoms with van der Waals surface area (Å²) in [5.41, 5.74) is 0.290. The van der Waals surface area contributed by atoms with E-state index in [4.69, 9.17) is 4.74 Å². The average Bonchev–Trinajstić information content (AvgIpc) is 3.04. The zero-order valence-corrected chi connectivity index (χ0v) is 16.3. The normalized spacial score (nSPS) is 17.2. The largest absolute Gasteiger partial charge is 0.495 e. The summed E-state index contributed by atoms with van der Waals surface area (Å²) in [5, 5.41) is 6.14. The number of hydrogen-bond acceptors (Lipinski definition) is 5. The van der Waals surface area contributed by atoms with Crippen molar-refractivity contribution in [2.75, 3.05) is 20.2 Å². The number of benzene rings is 1. The third kappa shape index (κ3) is 5.85. The van der Waals surface area contributed by atoms with E-state index in [1.165, 1.54) is 19.2 Å². The Balaban J connectivity index is 0.00000312. The van der Waals surface area contributed by atoms with Crippen LogP contribution < -0.4 is 20.1 Å². The molecule has 0 saturated carbocycles. The van der Waals surface area contributed by atoms with Gasteiger partial charge in [-0.1, -0.05) is 0 Å². The summed E-state index contributed by atoms with van der Waals surface area (Å²) in [6.07, 6.45) is 2.13. The molecule has 142 valence electrons. The number of amides is 1. The highest BCUT2D eigenvalue weighted by Gasteiger charge is 2.23. The summed E-state index contributed by atoms with van der Waals surface area (Å²) in [6, 6.07) is 4.42. The van der Waals surface area contributed by atoms with Crippen LogP contribution in [0.1, 0.15) is 37.0 Å². The summed E-state index contributed by atoms with van der Waals surface area (Å²) >= 11 is 0. The van der Waals surface area contributed by atoms with Crippen molar-refractivity contribution in [3.8, 4) is 5.75 Å². The Morgan fingerprint density at radius 3 is 2.68 bits per heavy atom. The van der Waals surface area contributed by atoms with Crippen molar-refractivity contribution in [3.63, 3.8) is 0 Å². The molecule has 1 aromatic rings. The van der Waals surface area contributed by atoms with Crippen LogP contribution in [0.3, 0.4) is 0 Å². The van der Waals surface area contributed by atoms with Crippen molar-refractivity contribution in [1.29, 1.82) is 0 Å². The number of halogens is 1.